The van der Waals surface area contributed by atoms with Crippen LogP contribution in [0.25, 0.3) is 0 Å². The van der Waals surface area contributed by atoms with Gasteiger partial charge in [0.2, 0.25) is 11.8 Å². The molecule has 3 aromatic carbocycles. The lowest BCUT2D eigenvalue weighted by Gasteiger charge is -2.31. The topological polar surface area (TPSA) is 118 Å². The Morgan fingerprint density at radius 1 is 1.00 bits per heavy atom. The van der Waals surface area contributed by atoms with Gasteiger partial charge in [0.25, 0.3) is 0 Å². The Morgan fingerprint density at radius 2 is 1.66 bits per heavy atom. The van der Waals surface area contributed by atoms with Crippen molar-refractivity contribution >= 4 is 35.2 Å². The van der Waals surface area contributed by atoms with Crippen LogP contribution in [0.1, 0.15) is 17.0 Å². The Kier molecular flexibility index (Phi) is 8.46. The number of amides is 2. The molecular weight excluding hydrogens is 502 g/mol. The summed E-state index contributed by atoms with van der Waals surface area (Å²) in [5.74, 6) is -2.42. The van der Waals surface area contributed by atoms with Crippen LogP contribution in [-0.4, -0.2) is 30.6 Å². The lowest BCUT2D eigenvalue weighted by atomic mass is 9.78. The number of ether oxygens (including phenoxy) is 2. The predicted octanol–water partition coefficient (Wildman–Crippen LogP) is 4.90. The first kappa shape index (κ1) is 26.5. The third kappa shape index (κ3) is 6.22. The van der Waals surface area contributed by atoms with E-state index in [1.807, 2.05) is 49.4 Å². The summed E-state index contributed by atoms with van der Waals surface area (Å²) in [5.41, 5.74) is 2.40. The van der Waals surface area contributed by atoms with Crippen LogP contribution >= 0.6 is 11.8 Å². The Morgan fingerprint density at radius 3 is 2.29 bits per heavy atom. The lowest BCUT2D eigenvalue weighted by Crippen LogP contribution is -2.44. The highest BCUT2D eigenvalue weighted by atomic mass is 32.2. The molecule has 0 saturated carbocycles. The number of thioether (sulfide) groups is 1. The highest BCUT2D eigenvalue weighted by Crippen LogP contribution is 2.40. The van der Waals surface area contributed by atoms with E-state index in [2.05, 4.69) is 16.7 Å². The number of aryl methyl sites for hydroxylation is 1. The monoisotopic (exact) mass is 527 g/mol. The van der Waals surface area contributed by atoms with Gasteiger partial charge in [-0.1, -0.05) is 59.8 Å². The fraction of sp³-hybridized carbons (Fsp3) is 0.172. The first-order chi connectivity index (χ1) is 18.4. The van der Waals surface area contributed by atoms with E-state index in [0.717, 1.165) is 17.3 Å². The van der Waals surface area contributed by atoms with E-state index >= 15 is 0 Å². The van der Waals surface area contributed by atoms with E-state index in [1.54, 1.807) is 36.4 Å². The van der Waals surface area contributed by atoms with Crippen molar-refractivity contribution in [1.82, 2.24) is 5.32 Å². The number of esters is 1. The molecule has 3 aromatic rings. The molecule has 8 nitrogen and oxygen atoms in total. The zero-order valence-corrected chi connectivity index (χ0v) is 21.6. The average Bonchev–Trinajstić information content (AvgIpc) is 2.93. The molecule has 0 bridgehead atoms. The summed E-state index contributed by atoms with van der Waals surface area (Å²) >= 11 is 1.03. The molecule has 0 radical (unpaired) electrons. The molecule has 2 amide bonds. The quantitative estimate of drug-likeness (QED) is 0.316. The van der Waals surface area contributed by atoms with Gasteiger partial charge in [-0.15, -0.1) is 0 Å². The highest BCUT2D eigenvalue weighted by Gasteiger charge is 2.44. The third-order valence-corrected chi connectivity index (χ3v) is 6.90. The minimum absolute atomic E-state index is 0.0629. The van der Waals surface area contributed by atoms with Gasteiger partial charge in [-0.3, -0.25) is 14.4 Å². The lowest BCUT2D eigenvalue weighted by molar-refractivity contribution is -0.150. The summed E-state index contributed by atoms with van der Waals surface area (Å²) in [7, 11) is 1.20. The van der Waals surface area contributed by atoms with Crippen molar-refractivity contribution in [1.29, 1.82) is 5.26 Å². The molecule has 4 rings (SSSR count). The molecule has 0 aliphatic carbocycles. The molecule has 1 heterocycles. The Hall–Kier alpha value is -4.55. The van der Waals surface area contributed by atoms with Crippen molar-refractivity contribution in [2.75, 3.05) is 18.2 Å². The number of anilines is 1. The third-order valence-electron chi connectivity index (χ3n) is 5.88. The SMILES string of the molecule is COC(=O)[C@H]1C(=O)NC(SCC(=O)Nc2ccc(Oc3ccccc3)cc2)=C(C#N)[C@@H]1c1ccc(C)cc1. The van der Waals surface area contributed by atoms with Gasteiger partial charge in [0.15, 0.2) is 0 Å². The number of nitrogens with one attached hydrogen (secondary N) is 2. The zero-order chi connectivity index (χ0) is 27.1. The molecule has 192 valence electrons. The number of hydrogen-bond donors (Lipinski definition) is 2. The summed E-state index contributed by atoms with van der Waals surface area (Å²) in [6, 6.07) is 25.7. The average molecular weight is 528 g/mol. The Bertz CT molecular complexity index is 1400. The van der Waals surface area contributed by atoms with Gasteiger partial charge in [-0.25, -0.2) is 0 Å². The second-order valence-electron chi connectivity index (χ2n) is 8.51. The molecule has 0 saturated heterocycles. The second kappa shape index (κ2) is 12.1. The van der Waals surface area contributed by atoms with E-state index < -0.39 is 23.7 Å². The number of methoxy groups -OCH3 is 1. The molecule has 0 fully saturated rings. The number of carbonyl (C=O) groups excluding carboxylic acids is 3. The van der Waals surface area contributed by atoms with Gasteiger partial charge in [0.05, 0.1) is 29.5 Å². The standard InChI is InChI=1S/C29H25N3O5S/c1-18-8-10-19(11-9-18)25-23(16-30)28(32-27(34)26(25)29(35)36-2)38-17-24(33)31-20-12-14-22(15-13-20)37-21-6-4-3-5-7-21/h3-15,25-26H,17H2,1-2H3,(H,31,33)(H,32,34)/t25-,26+/m0/s1. The minimum atomic E-state index is -1.22. The van der Waals surface area contributed by atoms with Crippen molar-refractivity contribution in [3.63, 3.8) is 0 Å². The zero-order valence-electron chi connectivity index (χ0n) is 20.8. The summed E-state index contributed by atoms with van der Waals surface area (Å²) in [5, 5.41) is 15.7. The fourth-order valence-corrected chi connectivity index (χ4v) is 4.87. The molecule has 1 aliphatic rings. The number of hydrogen-bond acceptors (Lipinski definition) is 7. The molecule has 9 heteroatoms. The van der Waals surface area contributed by atoms with Crippen molar-refractivity contribution in [3.8, 4) is 17.6 Å². The van der Waals surface area contributed by atoms with Crippen LogP contribution in [0, 0.1) is 24.2 Å². The number of carbonyl (C=O) groups is 3. The minimum Gasteiger partial charge on any atom is -0.468 e. The molecule has 0 unspecified atom stereocenters. The Labute approximate surface area is 224 Å². The number of nitriles is 1. The maximum Gasteiger partial charge on any atom is 0.319 e. The van der Waals surface area contributed by atoms with Crippen LogP contribution in [0.4, 0.5) is 5.69 Å². The van der Waals surface area contributed by atoms with Crippen molar-refractivity contribution < 1.29 is 23.9 Å². The summed E-state index contributed by atoms with van der Waals surface area (Å²) in [6.45, 7) is 1.92. The van der Waals surface area contributed by atoms with E-state index in [-0.39, 0.29) is 22.3 Å². The molecule has 2 atom stereocenters. The van der Waals surface area contributed by atoms with E-state index in [4.69, 9.17) is 9.47 Å². The van der Waals surface area contributed by atoms with E-state index in [9.17, 15) is 19.6 Å². The van der Waals surface area contributed by atoms with Gasteiger partial charge in [0, 0.05) is 11.6 Å². The van der Waals surface area contributed by atoms with Crippen LogP contribution in [0.5, 0.6) is 11.5 Å². The number of rotatable bonds is 8. The predicted molar refractivity (Wildman–Crippen MR) is 144 cm³/mol. The molecular formula is C29H25N3O5S. The molecule has 38 heavy (non-hydrogen) atoms. The van der Waals surface area contributed by atoms with Crippen LogP contribution < -0.4 is 15.4 Å². The second-order valence-corrected chi connectivity index (χ2v) is 9.49. The number of para-hydroxylation sites is 1. The van der Waals surface area contributed by atoms with Gasteiger partial charge in [-0.05, 0) is 48.9 Å². The number of allylic oxidation sites excluding steroid dienone is 1. The van der Waals surface area contributed by atoms with E-state index in [0.29, 0.717) is 22.7 Å². The Balaban J connectivity index is 1.47. The van der Waals surface area contributed by atoms with Gasteiger partial charge in [-0.2, -0.15) is 5.26 Å². The molecule has 0 aromatic heterocycles. The highest BCUT2D eigenvalue weighted by molar-refractivity contribution is 8.03. The molecule has 2 N–H and O–H groups in total. The summed E-state index contributed by atoms with van der Waals surface area (Å²) in [6.07, 6.45) is 0. The van der Waals surface area contributed by atoms with Gasteiger partial charge >= 0.3 is 5.97 Å². The molecule has 0 spiro atoms. The summed E-state index contributed by atoms with van der Waals surface area (Å²) < 4.78 is 10.6. The normalized spacial score (nSPS) is 16.7. The number of nitrogens with zero attached hydrogens (tertiary/aromatic N) is 1. The first-order valence-corrected chi connectivity index (χ1v) is 12.7. The van der Waals surface area contributed by atoms with Crippen LogP contribution in [0.3, 0.4) is 0 Å². The van der Waals surface area contributed by atoms with Crippen LogP contribution in [-0.2, 0) is 19.1 Å². The van der Waals surface area contributed by atoms with Gasteiger partial charge in [0.1, 0.15) is 17.4 Å². The smallest absolute Gasteiger partial charge is 0.319 e. The first-order valence-electron chi connectivity index (χ1n) is 11.7. The van der Waals surface area contributed by atoms with Gasteiger partial charge < -0.3 is 20.1 Å². The van der Waals surface area contributed by atoms with Crippen molar-refractivity contribution in [3.05, 3.63) is 101 Å². The van der Waals surface area contributed by atoms with E-state index in [1.165, 1.54) is 7.11 Å². The maximum absolute atomic E-state index is 12.9. The maximum atomic E-state index is 12.9. The fourth-order valence-electron chi connectivity index (χ4n) is 4.02. The van der Waals surface area contributed by atoms with Crippen LogP contribution in [0.2, 0.25) is 0 Å². The number of benzene rings is 3. The summed E-state index contributed by atoms with van der Waals surface area (Å²) in [4.78, 5) is 38.1. The molecule has 1 aliphatic heterocycles. The largest absolute Gasteiger partial charge is 0.468 e. The van der Waals surface area contributed by atoms with Crippen LogP contribution in [0.15, 0.2) is 89.5 Å². The van der Waals surface area contributed by atoms with Crippen molar-refractivity contribution in [2.24, 2.45) is 5.92 Å². The van der Waals surface area contributed by atoms with Crippen molar-refractivity contribution in [2.45, 2.75) is 12.8 Å².